The van der Waals surface area contributed by atoms with Crippen LogP contribution in [-0.2, 0) is 9.59 Å². The van der Waals surface area contributed by atoms with Crippen molar-refractivity contribution in [2.75, 3.05) is 16.4 Å². The molecular formula is C31H28N2O4. The number of nitrogens with zero attached hydrogens (tertiary/aromatic N) is 2. The minimum Gasteiger partial charge on any atom is -0.484 e. The Labute approximate surface area is 216 Å². The van der Waals surface area contributed by atoms with E-state index in [4.69, 9.17) is 9.47 Å². The second-order valence-electron chi connectivity index (χ2n) is 9.02. The van der Waals surface area contributed by atoms with E-state index in [1.807, 2.05) is 98.8 Å². The molecule has 5 rings (SSSR count). The molecule has 4 aromatic carbocycles. The van der Waals surface area contributed by atoms with Gasteiger partial charge in [0.25, 0.3) is 11.8 Å². The van der Waals surface area contributed by atoms with Gasteiger partial charge >= 0.3 is 0 Å². The Morgan fingerprint density at radius 2 is 1.41 bits per heavy atom. The molecule has 1 heterocycles. The van der Waals surface area contributed by atoms with Gasteiger partial charge in [-0.3, -0.25) is 19.4 Å². The highest BCUT2D eigenvalue weighted by Gasteiger charge is 2.55. The molecule has 1 aliphatic heterocycles. The van der Waals surface area contributed by atoms with E-state index in [-0.39, 0.29) is 18.4 Å². The van der Waals surface area contributed by atoms with Crippen LogP contribution in [0.2, 0.25) is 0 Å². The maximum atomic E-state index is 13.8. The van der Waals surface area contributed by atoms with Crippen LogP contribution in [0, 0.1) is 13.8 Å². The minimum atomic E-state index is -0.885. The van der Waals surface area contributed by atoms with Gasteiger partial charge in [0.2, 0.25) is 6.10 Å². The number of para-hydroxylation sites is 2. The molecule has 0 saturated carbocycles. The van der Waals surface area contributed by atoms with E-state index in [1.54, 1.807) is 34.1 Å². The lowest BCUT2D eigenvalue weighted by atomic mass is 9.99. The lowest BCUT2D eigenvalue weighted by Gasteiger charge is -2.51. The second kappa shape index (κ2) is 10.6. The third-order valence-electron chi connectivity index (χ3n) is 6.22. The van der Waals surface area contributed by atoms with Crippen LogP contribution in [0.25, 0.3) is 0 Å². The minimum absolute atomic E-state index is 0.192. The molecule has 0 N–H and O–H groups in total. The summed E-state index contributed by atoms with van der Waals surface area (Å²) in [5, 5.41) is 0. The van der Waals surface area contributed by atoms with Crippen molar-refractivity contribution in [1.82, 2.24) is 0 Å². The Balaban J connectivity index is 1.54. The summed E-state index contributed by atoms with van der Waals surface area (Å²) in [5.41, 5.74) is 3.38. The fourth-order valence-corrected chi connectivity index (χ4v) is 4.47. The predicted octanol–water partition coefficient (Wildman–Crippen LogP) is 5.54. The molecular weight excluding hydrogens is 464 g/mol. The molecule has 0 aromatic heterocycles. The number of ether oxygens (including phenoxy) is 2. The first-order valence-corrected chi connectivity index (χ1v) is 12.2. The molecule has 186 valence electrons. The van der Waals surface area contributed by atoms with Crippen molar-refractivity contribution in [3.05, 3.63) is 120 Å². The number of aryl methyl sites for hydroxylation is 2. The number of carbonyl (C=O) groups excluding carboxylic acids is 2. The van der Waals surface area contributed by atoms with E-state index in [1.165, 1.54) is 0 Å². The molecule has 0 aliphatic carbocycles. The monoisotopic (exact) mass is 492 g/mol. The number of anilines is 2. The molecule has 6 heteroatoms. The maximum absolute atomic E-state index is 13.8. The van der Waals surface area contributed by atoms with Gasteiger partial charge in [-0.15, -0.1) is 0 Å². The first-order valence-electron chi connectivity index (χ1n) is 12.2. The van der Waals surface area contributed by atoms with Gasteiger partial charge in [-0.25, -0.2) is 0 Å². The van der Waals surface area contributed by atoms with Gasteiger partial charge in [0.15, 0.2) is 12.8 Å². The van der Waals surface area contributed by atoms with E-state index < -0.39 is 12.3 Å². The van der Waals surface area contributed by atoms with E-state index >= 15 is 0 Å². The molecule has 0 bridgehead atoms. The highest BCUT2D eigenvalue weighted by Crippen LogP contribution is 2.36. The molecule has 0 unspecified atom stereocenters. The summed E-state index contributed by atoms with van der Waals surface area (Å²) in [6, 6.07) is 33.7. The third-order valence-corrected chi connectivity index (χ3v) is 6.22. The average Bonchev–Trinajstić information content (AvgIpc) is 2.91. The third kappa shape index (κ3) is 5.19. The Hall–Kier alpha value is -4.58. The van der Waals surface area contributed by atoms with Crippen molar-refractivity contribution in [2.24, 2.45) is 0 Å². The highest BCUT2D eigenvalue weighted by atomic mass is 16.5. The van der Waals surface area contributed by atoms with Gasteiger partial charge in [0, 0.05) is 11.4 Å². The number of benzene rings is 4. The quantitative estimate of drug-likeness (QED) is 0.303. The predicted molar refractivity (Wildman–Crippen MR) is 144 cm³/mol. The van der Waals surface area contributed by atoms with Gasteiger partial charge in [-0.2, -0.15) is 0 Å². The molecule has 1 fully saturated rings. The van der Waals surface area contributed by atoms with Gasteiger partial charge < -0.3 is 9.47 Å². The molecule has 0 radical (unpaired) electrons. The van der Waals surface area contributed by atoms with Crippen molar-refractivity contribution < 1.29 is 19.1 Å². The fourth-order valence-electron chi connectivity index (χ4n) is 4.47. The van der Waals surface area contributed by atoms with Gasteiger partial charge in [-0.05, 0) is 73.5 Å². The van der Waals surface area contributed by atoms with Crippen LogP contribution in [0.4, 0.5) is 11.4 Å². The summed E-state index contributed by atoms with van der Waals surface area (Å²) >= 11 is 0. The van der Waals surface area contributed by atoms with E-state index in [9.17, 15) is 9.59 Å². The van der Waals surface area contributed by atoms with Crippen molar-refractivity contribution in [2.45, 2.75) is 26.1 Å². The lowest BCUT2D eigenvalue weighted by Crippen LogP contribution is -2.75. The molecule has 1 aliphatic rings. The molecule has 2 atom stereocenters. The van der Waals surface area contributed by atoms with E-state index in [2.05, 4.69) is 0 Å². The highest BCUT2D eigenvalue weighted by molar-refractivity contribution is 6.09. The summed E-state index contributed by atoms with van der Waals surface area (Å²) in [4.78, 5) is 30.6. The largest absolute Gasteiger partial charge is 0.484 e. The van der Waals surface area contributed by atoms with Crippen LogP contribution in [0.3, 0.4) is 0 Å². The number of carbonyl (C=O) groups is 2. The summed E-state index contributed by atoms with van der Waals surface area (Å²) in [6.07, 6.45) is -1.59. The van der Waals surface area contributed by atoms with Crippen LogP contribution < -0.4 is 19.3 Å². The Morgan fingerprint density at radius 1 is 0.784 bits per heavy atom. The first kappa shape index (κ1) is 24.1. The van der Waals surface area contributed by atoms with Gasteiger partial charge in [-0.1, -0.05) is 60.7 Å². The Bertz CT molecular complexity index is 1390. The van der Waals surface area contributed by atoms with Crippen molar-refractivity contribution in [1.29, 1.82) is 0 Å². The lowest BCUT2D eigenvalue weighted by molar-refractivity contribution is -0.136. The summed E-state index contributed by atoms with van der Waals surface area (Å²) in [7, 11) is 0. The first-order chi connectivity index (χ1) is 18.0. The number of amides is 2. The van der Waals surface area contributed by atoms with Gasteiger partial charge in [0.1, 0.15) is 11.5 Å². The van der Waals surface area contributed by atoms with Crippen LogP contribution in [0.15, 0.2) is 109 Å². The maximum Gasteiger partial charge on any atom is 0.274 e. The summed E-state index contributed by atoms with van der Waals surface area (Å²) in [5.74, 6) is 0.657. The molecule has 0 spiro atoms. The van der Waals surface area contributed by atoms with Gasteiger partial charge in [0.05, 0.1) is 0 Å². The van der Waals surface area contributed by atoms with Crippen molar-refractivity contribution in [3.63, 3.8) is 0 Å². The topological polar surface area (TPSA) is 59.1 Å². The fraction of sp³-hybridized carbons (Fsp3) is 0.161. The zero-order valence-corrected chi connectivity index (χ0v) is 20.8. The molecule has 1 saturated heterocycles. The number of rotatable bonds is 8. The zero-order valence-electron chi connectivity index (χ0n) is 20.8. The molecule has 6 nitrogen and oxygen atoms in total. The van der Waals surface area contributed by atoms with Crippen molar-refractivity contribution in [3.8, 4) is 11.5 Å². The van der Waals surface area contributed by atoms with Crippen LogP contribution in [-0.4, -0.2) is 30.7 Å². The Morgan fingerprint density at radius 3 is 2.05 bits per heavy atom. The Kier molecular flexibility index (Phi) is 6.90. The van der Waals surface area contributed by atoms with Crippen LogP contribution in [0.5, 0.6) is 11.5 Å². The number of hydrogen-bond acceptors (Lipinski definition) is 4. The summed E-state index contributed by atoms with van der Waals surface area (Å²) in [6.45, 7) is 3.75. The standard InChI is InChI=1S/C31H28N2O4/c1-22-11-9-13-24(19-22)32(28(34)21-36-26-15-5-3-6-16-26)30-29(37-27-17-7-4-8-18-27)31(35)33(30)25-14-10-12-23(2)20-25/h3-20,29-30H,21H2,1-2H3/t29-,30-/m1/s1. The number of β-lactam (4-membered cyclic amide) rings is 1. The van der Waals surface area contributed by atoms with Crippen molar-refractivity contribution >= 4 is 23.2 Å². The molecule has 37 heavy (non-hydrogen) atoms. The zero-order chi connectivity index (χ0) is 25.8. The van der Waals surface area contributed by atoms with E-state index in [0.29, 0.717) is 22.9 Å². The summed E-state index contributed by atoms with van der Waals surface area (Å²) < 4.78 is 12.0. The molecule has 2 amide bonds. The smallest absolute Gasteiger partial charge is 0.274 e. The normalized spacial score (nSPS) is 16.6. The molecule has 4 aromatic rings. The average molecular weight is 493 g/mol. The van der Waals surface area contributed by atoms with E-state index in [0.717, 1.165) is 11.1 Å². The van der Waals surface area contributed by atoms with Crippen LogP contribution in [0.1, 0.15) is 11.1 Å². The number of hydrogen-bond donors (Lipinski definition) is 0. The van der Waals surface area contributed by atoms with Crippen LogP contribution >= 0.6 is 0 Å². The second-order valence-corrected chi connectivity index (χ2v) is 9.02. The SMILES string of the molecule is Cc1cccc(N(C(=O)COc2ccccc2)[C@H]2[C@@H](Oc3ccccc3)C(=O)N2c2cccc(C)c2)c1.